The number of alkyl carbamates (subject to hydrolysis) is 1. The molecule has 114 valence electrons. The van der Waals surface area contributed by atoms with E-state index in [0.717, 1.165) is 5.56 Å². The number of carbonyl (C=O) groups is 2. The minimum Gasteiger partial charge on any atom is -0.460 e. The summed E-state index contributed by atoms with van der Waals surface area (Å²) in [7, 11) is 1.67. The molecule has 21 heavy (non-hydrogen) atoms. The summed E-state index contributed by atoms with van der Waals surface area (Å²) < 4.78 is 9.96. The maximum absolute atomic E-state index is 11.7. The van der Waals surface area contributed by atoms with Crippen LogP contribution in [0.25, 0.3) is 0 Å². The number of esters is 1. The number of nitrogens with one attached hydrogen (secondary N) is 2. The van der Waals surface area contributed by atoms with E-state index in [2.05, 4.69) is 17.2 Å². The molecule has 0 aliphatic carbocycles. The lowest BCUT2D eigenvalue weighted by Crippen LogP contribution is -2.47. The molecule has 1 aromatic carbocycles. The first-order chi connectivity index (χ1) is 10.2. The summed E-state index contributed by atoms with van der Waals surface area (Å²) in [6.45, 7) is 3.94. The van der Waals surface area contributed by atoms with Gasteiger partial charge in [0, 0.05) is 6.54 Å². The van der Waals surface area contributed by atoms with Crippen LogP contribution in [-0.2, 0) is 20.9 Å². The molecule has 0 aliphatic heterocycles. The van der Waals surface area contributed by atoms with Gasteiger partial charge < -0.3 is 20.1 Å². The Balaban J connectivity index is 2.44. The molecule has 1 aromatic rings. The Morgan fingerprint density at radius 3 is 2.62 bits per heavy atom. The molecule has 0 saturated heterocycles. The number of likely N-dealkylation sites (N-methyl/N-ethyl adjacent to an activating group) is 1. The van der Waals surface area contributed by atoms with Crippen LogP contribution in [0.5, 0.6) is 0 Å². The number of benzene rings is 1. The van der Waals surface area contributed by atoms with E-state index in [0.29, 0.717) is 0 Å². The summed E-state index contributed by atoms with van der Waals surface area (Å²) in [6.07, 6.45) is 0.789. The van der Waals surface area contributed by atoms with Crippen molar-refractivity contribution in [3.8, 4) is 0 Å². The first-order valence-electron chi connectivity index (χ1n) is 6.56. The van der Waals surface area contributed by atoms with Crippen LogP contribution >= 0.6 is 0 Å². The standard InChI is InChI=1S/C15H20N2O4/c1-3-9-20-14(18)13(10-16-2)17-15(19)21-11-12-7-5-4-6-8-12/h3-8,13,16H,1,9-11H2,2H3,(H,17,19). The second kappa shape index (κ2) is 9.55. The molecule has 2 N–H and O–H groups in total. The van der Waals surface area contributed by atoms with Crippen LogP contribution in [0.3, 0.4) is 0 Å². The minimum atomic E-state index is -0.807. The third-order valence-electron chi connectivity index (χ3n) is 2.54. The van der Waals surface area contributed by atoms with Crippen molar-refractivity contribution in [1.82, 2.24) is 10.6 Å². The Hall–Kier alpha value is -2.34. The van der Waals surface area contributed by atoms with Crippen LogP contribution < -0.4 is 10.6 Å². The van der Waals surface area contributed by atoms with E-state index in [1.165, 1.54) is 6.08 Å². The molecule has 1 rings (SSSR count). The highest BCUT2D eigenvalue weighted by atomic mass is 16.6. The molecule has 6 heteroatoms. The highest BCUT2D eigenvalue weighted by Crippen LogP contribution is 2.01. The van der Waals surface area contributed by atoms with Crippen LogP contribution in [0.1, 0.15) is 5.56 Å². The normalized spacial score (nSPS) is 11.3. The van der Waals surface area contributed by atoms with Gasteiger partial charge in [-0.25, -0.2) is 9.59 Å². The van der Waals surface area contributed by atoms with Crippen LogP contribution in [0, 0.1) is 0 Å². The van der Waals surface area contributed by atoms with E-state index in [9.17, 15) is 9.59 Å². The van der Waals surface area contributed by atoms with Gasteiger partial charge in [0.25, 0.3) is 0 Å². The van der Waals surface area contributed by atoms with Crippen molar-refractivity contribution in [3.63, 3.8) is 0 Å². The lowest BCUT2D eigenvalue weighted by Gasteiger charge is -2.16. The van der Waals surface area contributed by atoms with Gasteiger partial charge in [0.15, 0.2) is 0 Å². The Bertz CT molecular complexity index is 462. The van der Waals surface area contributed by atoms with Gasteiger partial charge in [-0.3, -0.25) is 0 Å². The largest absolute Gasteiger partial charge is 0.460 e. The highest BCUT2D eigenvalue weighted by molar-refractivity contribution is 5.81. The van der Waals surface area contributed by atoms with Crippen molar-refractivity contribution < 1.29 is 19.1 Å². The average molecular weight is 292 g/mol. The number of ether oxygens (including phenoxy) is 2. The maximum atomic E-state index is 11.7. The SMILES string of the molecule is C=CCOC(=O)C(CNC)NC(=O)OCc1ccccc1. The topological polar surface area (TPSA) is 76.7 Å². The van der Waals surface area contributed by atoms with Crippen LogP contribution in [0.4, 0.5) is 4.79 Å². The van der Waals surface area contributed by atoms with Crippen LogP contribution in [0.15, 0.2) is 43.0 Å². The Labute approximate surface area is 124 Å². The van der Waals surface area contributed by atoms with E-state index in [1.54, 1.807) is 7.05 Å². The van der Waals surface area contributed by atoms with Crippen molar-refractivity contribution in [1.29, 1.82) is 0 Å². The summed E-state index contributed by atoms with van der Waals surface area (Å²) >= 11 is 0. The monoisotopic (exact) mass is 292 g/mol. The van der Waals surface area contributed by atoms with Gasteiger partial charge in [-0.15, -0.1) is 0 Å². The molecule has 1 atom stereocenters. The fraction of sp³-hybridized carbons (Fsp3) is 0.333. The lowest BCUT2D eigenvalue weighted by molar-refractivity contribution is -0.144. The zero-order chi connectivity index (χ0) is 15.5. The number of amides is 1. The third-order valence-corrected chi connectivity index (χ3v) is 2.54. The van der Waals surface area contributed by atoms with Crippen molar-refractivity contribution in [3.05, 3.63) is 48.6 Å². The van der Waals surface area contributed by atoms with Gasteiger partial charge >= 0.3 is 12.1 Å². The van der Waals surface area contributed by atoms with E-state index >= 15 is 0 Å². The number of rotatable bonds is 8. The molecule has 0 aliphatic rings. The first kappa shape index (κ1) is 16.7. The van der Waals surface area contributed by atoms with Gasteiger partial charge in [0.1, 0.15) is 19.3 Å². The third kappa shape index (κ3) is 6.58. The summed E-state index contributed by atoms with van der Waals surface area (Å²) in [4.78, 5) is 23.4. The lowest BCUT2D eigenvalue weighted by atomic mass is 10.2. The molecule has 1 unspecified atom stereocenters. The summed E-state index contributed by atoms with van der Waals surface area (Å²) in [5.41, 5.74) is 0.868. The van der Waals surface area contributed by atoms with Gasteiger partial charge in [-0.2, -0.15) is 0 Å². The molecule has 0 aromatic heterocycles. The predicted molar refractivity (Wildman–Crippen MR) is 78.6 cm³/mol. The molecule has 0 spiro atoms. The van der Waals surface area contributed by atoms with Gasteiger partial charge in [0.05, 0.1) is 0 Å². The maximum Gasteiger partial charge on any atom is 0.408 e. The summed E-state index contributed by atoms with van der Waals surface area (Å²) in [5, 5.41) is 5.27. The van der Waals surface area contributed by atoms with E-state index in [4.69, 9.17) is 9.47 Å². The zero-order valence-electron chi connectivity index (χ0n) is 12.0. The highest BCUT2D eigenvalue weighted by Gasteiger charge is 2.21. The Kier molecular flexibility index (Phi) is 7.60. The van der Waals surface area contributed by atoms with E-state index in [1.807, 2.05) is 30.3 Å². The zero-order valence-corrected chi connectivity index (χ0v) is 12.0. The van der Waals surface area contributed by atoms with Gasteiger partial charge in [-0.1, -0.05) is 43.0 Å². The van der Waals surface area contributed by atoms with Crippen molar-refractivity contribution in [2.75, 3.05) is 20.2 Å². The Morgan fingerprint density at radius 1 is 1.29 bits per heavy atom. The molecule has 6 nitrogen and oxygen atoms in total. The summed E-state index contributed by atoms with van der Waals surface area (Å²) in [5.74, 6) is -0.541. The van der Waals surface area contributed by atoms with Crippen molar-refractivity contribution in [2.24, 2.45) is 0 Å². The quantitative estimate of drug-likeness (QED) is 0.557. The number of hydrogen-bond acceptors (Lipinski definition) is 5. The molecule has 0 bridgehead atoms. The van der Waals surface area contributed by atoms with E-state index in [-0.39, 0.29) is 19.8 Å². The van der Waals surface area contributed by atoms with Gasteiger partial charge in [0.2, 0.25) is 0 Å². The first-order valence-corrected chi connectivity index (χ1v) is 6.56. The number of carbonyl (C=O) groups excluding carboxylic acids is 2. The second-order valence-electron chi connectivity index (χ2n) is 4.24. The summed E-state index contributed by atoms with van der Waals surface area (Å²) in [6, 6.07) is 8.47. The van der Waals surface area contributed by atoms with E-state index < -0.39 is 18.1 Å². The van der Waals surface area contributed by atoms with Gasteiger partial charge in [-0.05, 0) is 12.6 Å². The molecule has 0 heterocycles. The molecular formula is C15H20N2O4. The Morgan fingerprint density at radius 2 is 2.00 bits per heavy atom. The number of hydrogen-bond donors (Lipinski definition) is 2. The van der Waals surface area contributed by atoms with Crippen LogP contribution in [0.2, 0.25) is 0 Å². The fourth-order valence-corrected chi connectivity index (χ4v) is 1.55. The molecular weight excluding hydrogens is 272 g/mol. The van der Waals surface area contributed by atoms with Crippen LogP contribution in [-0.4, -0.2) is 38.3 Å². The van der Waals surface area contributed by atoms with Crippen molar-refractivity contribution in [2.45, 2.75) is 12.6 Å². The minimum absolute atomic E-state index is 0.0970. The molecule has 0 fully saturated rings. The predicted octanol–water partition coefficient (Wildman–Crippen LogP) is 1.23. The molecule has 0 radical (unpaired) electrons. The molecule has 0 saturated carbocycles. The fourth-order valence-electron chi connectivity index (χ4n) is 1.55. The average Bonchev–Trinajstić information content (AvgIpc) is 2.51. The second-order valence-corrected chi connectivity index (χ2v) is 4.24. The molecule has 1 amide bonds. The van der Waals surface area contributed by atoms with Crippen molar-refractivity contribution >= 4 is 12.1 Å². The smallest absolute Gasteiger partial charge is 0.408 e.